The molecule has 2 aliphatic rings. The van der Waals surface area contributed by atoms with Gasteiger partial charge in [0.2, 0.25) is 0 Å². The van der Waals surface area contributed by atoms with Crippen LogP contribution in [0.2, 0.25) is 0 Å². The van der Waals surface area contributed by atoms with Crippen molar-refractivity contribution in [3.8, 4) is 0 Å². The van der Waals surface area contributed by atoms with Crippen molar-refractivity contribution in [2.45, 2.75) is 51.0 Å². The second kappa shape index (κ2) is 4.69. The summed E-state index contributed by atoms with van der Waals surface area (Å²) < 4.78 is 0. The van der Waals surface area contributed by atoms with Crippen LogP contribution in [0.4, 0.5) is 4.79 Å². The van der Waals surface area contributed by atoms with Gasteiger partial charge in [0.1, 0.15) is 5.60 Å². The number of hydrogen-bond acceptors (Lipinski definition) is 3. The lowest BCUT2D eigenvalue weighted by Crippen LogP contribution is -2.57. The van der Waals surface area contributed by atoms with Gasteiger partial charge in [0.05, 0.1) is 5.69 Å². The average Bonchev–Trinajstić information content (AvgIpc) is 2.76. The Morgan fingerprint density at radius 3 is 2.55 bits per heavy atom. The maximum absolute atomic E-state index is 11.0. The molecular formula is C17H24N2O3. The summed E-state index contributed by atoms with van der Waals surface area (Å²) in [5.74, 6) is 0. The fourth-order valence-corrected chi connectivity index (χ4v) is 3.77. The third kappa shape index (κ3) is 2.47. The molecule has 1 aliphatic heterocycles. The summed E-state index contributed by atoms with van der Waals surface area (Å²) in [6.07, 6.45) is 1.24. The summed E-state index contributed by atoms with van der Waals surface area (Å²) >= 11 is 0. The van der Waals surface area contributed by atoms with Crippen molar-refractivity contribution in [2.24, 2.45) is 5.41 Å². The number of aromatic nitrogens is 1. The normalized spacial score (nSPS) is 27.0. The first-order chi connectivity index (χ1) is 10.1. The third-order valence-corrected chi connectivity index (χ3v) is 5.05. The molecule has 120 valence electrons. The fourth-order valence-electron chi connectivity index (χ4n) is 3.77. The molecule has 1 saturated heterocycles. The van der Waals surface area contributed by atoms with Gasteiger partial charge >= 0.3 is 6.09 Å². The van der Waals surface area contributed by atoms with Crippen molar-refractivity contribution in [2.75, 3.05) is 13.1 Å². The molecule has 1 aromatic rings. The summed E-state index contributed by atoms with van der Waals surface area (Å²) in [7, 11) is 0. The molecule has 1 spiro atoms. The molecule has 2 heterocycles. The number of nitrogens with zero attached hydrogens (tertiary/aromatic N) is 2. The lowest BCUT2D eigenvalue weighted by molar-refractivity contribution is -0.0240. The van der Waals surface area contributed by atoms with Gasteiger partial charge in [-0.1, -0.05) is 26.8 Å². The van der Waals surface area contributed by atoms with E-state index in [0.29, 0.717) is 25.9 Å². The maximum atomic E-state index is 11.0. The Kier molecular flexibility index (Phi) is 3.25. The third-order valence-electron chi connectivity index (χ3n) is 5.05. The van der Waals surface area contributed by atoms with Gasteiger partial charge in [0.25, 0.3) is 0 Å². The molecule has 3 rings (SSSR count). The zero-order chi connectivity index (χ0) is 16.2. The Labute approximate surface area is 131 Å². The molecule has 0 bridgehead atoms. The van der Waals surface area contributed by atoms with Gasteiger partial charge in [-0.15, -0.1) is 0 Å². The van der Waals surface area contributed by atoms with Crippen LogP contribution in [0.3, 0.4) is 0 Å². The van der Waals surface area contributed by atoms with Crippen molar-refractivity contribution in [3.05, 3.63) is 29.6 Å². The van der Waals surface area contributed by atoms with Gasteiger partial charge in [0.15, 0.2) is 0 Å². The second-order valence-electron chi connectivity index (χ2n) is 8.01. The summed E-state index contributed by atoms with van der Waals surface area (Å²) in [5.41, 5.74) is 0.656. The highest BCUT2D eigenvalue weighted by Gasteiger charge is 2.55. The highest BCUT2D eigenvalue weighted by molar-refractivity contribution is 5.66. The Hall–Kier alpha value is -1.62. The monoisotopic (exact) mass is 304 g/mol. The summed E-state index contributed by atoms with van der Waals surface area (Å²) in [4.78, 5) is 17.1. The predicted molar refractivity (Wildman–Crippen MR) is 82.7 cm³/mol. The van der Waals surface area contributed by atoms with Crippen LogP contribution in [0.5, 0.6) is 0 Å². The van der Waals surface area contributed by atoms with Gasteiger partial charge in [0, 0.05) is 29.6 Å². The van der Waals surface area contributed by atoms with Gasteiger partial charge in [-0.05, 0) is 31.4 Å². The van der Waals surface area contributed by atoms with E-state index < -0.39 is 11.7 Å². The molecule has 1 aliphatic carbocycles. The largest absolute Gasteiger partial charge is 0.465 e. The minimum Gasteiger partial charge on any atom is -0.465 e. The first kappa shape index (κ1) is 15.3. The van der Waals surface area contributed by atoms with Crippen LogP contribution in [0, 0.1) is 5.41 Å². The molecule has 1 saturated carbocycles. The summed E-state index contributed by atoms with van der Waals surface area (Å²) in [6.45, 7) is 7.38. The summed E-state index contributed by atoms with van der Waals surface area (Å²) in [5, 5.41) is 20.1. The molecule has 1 amide bonds. The lowest BCUT2D eigenvalue weighted by atomic mass is 9.77. The number of likely N-dealkylation sites (tertiary alicyclic amines) is 1. The minimum absolute atomic E-state index is 0.0563. The maximum Gasteiger partial charge on any atom is 0.407 e. The molecule has 1 aromatic heterocycles. The number of hydrogen-bond donors (Lipinski definition) is 2. The smallest absolute Gasteiger partial charge is 0.407 e. The van der Waals surface area contributed by atoms with Crippen LogP contribution in [0.25, 0.3) is 0 Å². The van der Waals surface area contributed by atoms with Crippen molar-refractivity contribution < 1.29 is 15.0 Å². The molecule has 2 fully saturated rings. The standard InChI is InChI=1S/C17H24N2O3/c1-15(2,3)12-5-4-6-13(18-12)17(22)8-7-16(9-17)10-19(11-16)14(20)21/h4-6,22H,7-11H2,1-3H3,(H,20,21). The molecule has 0 radical (unpaired) electrons. The number of carbonyl (C=O) groups is 1. The number of pyridine rings is 1. The van der Waals surface area contributed by atoms with Crippen LogP contribution in [0.15, 0.2) is 18.2 Å². The van der Waals surface area contributed by atoms with Gasteiger partial charge in [-0.25, -0.2) is 4.79 Å². The molecule has 0 aromatic carbocycles. The van der Waals surface area contributed by atoms with E-state index in [-0.39, 0.29) is 10.8 Å². The van der Waals surface area contributed by atoms with E-state index in [9.17, 15) is 9.90 Å². The first-order valence-electron chi connectivity index (χ1n) is 7.82. The van der Waals surface area contributed by atoms with E-state index in [2.05, 4.69) is 20.8 Å². The van der Waals surface area contributed by atoms with Crippen molar-refractivity contribution in [1.82, 2.24) is 9.88 Å². The Bertz CT molecular complexity index is 602. The van der Waals surface area contributed by atoms with E-state index in [1.807, 2.05) is 18.2 Å². The number of aliphatic hydroxyl groups is 1. The van der Waals surface area contributed by atoms with Crippen LogP contribution in [-0.2, 0) is 11.0 Å². The molecule has 5 heteroatoms. The van der Waals surface area contributed by atoms with E-state index in [4.69, 9.17) is 10.1 Å². The van der Waals surface area contributed by atoms with Gasteiger partial charge < -0.3 is 15.1 Å². The first-order valence-corrected chi connectivity index (χ1v) is 7.82. The Morgan fingerprint density at radius 1 is 1.27 bits per heavy atom. The van der Waals surface area contributed by atoms with E-state index in [1.165, 1.54) is 4.90 Å². The molecule has 1 atom stereocenters. The second-order valence-corrected chi connectivity index (χ2v) is 8.01. The summed E-state index contributed by atoms with van der Waals surface area (Å²) in [6, 6.07) is 5.84. The average molecular weight is 304 g/mol. The van der Waals surface area contributed by atoms with Crippen molar-refractivity contribution >= 4 is 6.09 Å². The van der Waals surface area contributed by atoms with E-state index in [0.717, 1.165) is 17.8 Å². The number of amides is 1. The van der Waals surface area contributed by atoms with Crippen molar-refractivity contribution in [3.63, 3.8) is 0 Å². The number of carboxylic acid groups (broad SMARTS) is 1. The van der Waals surface area contributed by atoms with Crippen LogP contribution >= 0.6 is 0 Å². The molecule has 2 N–H and O–H groups in total. The van der Waals surface area contributed by atoms with Gasteiger partial charge in [-0.3, -0.25) is 4.98 Å². The Balaban J connectivity index is 1.80. The quantitative estimate of drug-likeness (QED) is 0.836. The molecular weight excluding hydrogens is 280 g/mol. The topological polar surface area (TPSA) is 73.7 Å². The molecule has 22 heavy (non-hydrogen) atoms. The van der Waals surface area contributed by atoms with Crippen LogP contribution < -0.4 is 0 Å². The zero-order valence-electron chi connectivity index (χ0n) is 13.5. The minimum atomic E-state index is -0.925. The van der Waals surface area contributed by atoms with Crippen LogP contribution in [-0.4, -0.2) is 39.3 Å². The van der Waals surface area contributed by atoms with Gasteiger partial charge in [-0.2, -0.15) is 0 Å². The lowest BCUT2D eigenvalue weighted by Gasteiger charge is -2.47. The highest BCUT2D eigenvalue weighted by Crippen LogP contribution is 2.53. The van der Waals surface area contributed by atoms with E-state index in [1.54, 1.807) is 0 Å². The van der Waals surface area contributed by atoms with Crippen LogP contribution in [0.1, 0.15) is 51.4 Å². The number of rotatable bonds is 1. The zero-order valence-corrected chi connectivity index (χ0v) is 13.5. The fraction of sp³-hybridized carbons (Fsp3) is 0.647. The molecule has 1 unspecified atom stereocenters. The van der Waals surface area contributed by atoms with Crippen molar-refractivity contribution in [1.29, 1.82) is 0 Å². The van der Waals surface area contributed by atoms with E-state index >= 15 is 0 Å². The SMILES string of the molecule is CC(C)(C)c1cccc(C2(O)CCC3(CN(C(=O)O)C3)C2)n1. The molecule has 5 nitrogen and oxygen atoms in total. The Morgan fingerprint density at radius 2 is 1.95 bits per heavy atom. The highest BCUT2D eigenvalue weighted by atomic mass is 16.4. The predicted octanol–water partition coefficient (Wildman–Crippen LogP) is 2.73.